The van der Waals surface area contributed by atoms with Gasteiger partial charge in [0.05, 0.1) is 0 Å². The molecule has 0 bridgehead atoms. The topological polar surface area (TPSA) is 64.4 Å². The third kappa shape index (κ3) is 3.32. The Morgan fingerprint density at radius 3 is 2.71 bits per heavy atom. The van der Waals surface area contributed by atoms with Gasteiger partial charge in [-0.1, -0.05) is 18.2 Å². The number of primary amides is 1. The molecular formula is C13H16N2O2. The van der Waals surface area contributed by atoms with E-state index in [1.54, 1.807) is 0 Å². The van der Waals surface area contributed by atoms with E-state index in [0.29, 0.717) is 5.75 Å². The van der Waals surface area contributed by atoms with Crippen LogP contribution in [0.3, 0.4) is 0 Å². The third-order valence-electron chi connectivity index (χ3n) is 2.67. The van der Waals surface area contributed by atoms with Gasteiger partial charge in [-0.3, -0.25) is 4.79 Å². The zero-order valence-corrected chi connectivity index (χ0v) is 9.61. The monoisotopic (exact) mass is 232 g/mol. The van der Waals surface area contributed by atoms with Crippen LogP contribution in [-0.2, 0) is 4.79 Å². The number of benzene rings is 1. The Hall–Kier alpha value is -1.81. The molecule has 17 heavy (non-hydrogen) atoms. The van der Waals surface area contributed by atoms with Gasteiger partial charge in [-0.25, -0.2) is 0 Å². The Morgan fingerprint density at radius 2 is 2.12 bits per heavy atom. The minimum Gasteiger partial charge on any atom is -0.484 e. The van der Waals surface area contributed by atoms with Crippen LogP contribution in [0.4, 0.5) is 0 Å². The standard InChI is InChI=1S/C13H16N2O2/c14-13(16)9-17-12-3-1-10(2-4-12)11-5-7-15-8-6-11/h1-5,15H,6-9H2,(H2,14,16). The van der Waals surface area contributed by atoms with E-state index in [2.05, 4.69) is 11.4 Å². The van der Waals surface area contributed by atoms with Crippen molar-refractivity contribution >= 4 is 11.5 Å². The van der Waals surface area contributed by atoms with Gasteiger partial charge < -0.3 is 15.8 Å². The molecule has 2 rings (SSSR count). The summed E-state index contributed by atoms with van der Waals surface area (Å²) >= 11 is 0. The number of rotatable bonds is 4. The summed E-state index contributed by atoms with van der Waals surface area (Å²) in [6.45, 7) is 1.87. The van der Waals surface area contributed by atoms with Gasteiger partial charge in [0.25, 0.3) is 5.91 Å². The molecule has 1 aliphatic rings. The predicted octanol–water partition coefficient (Wildman–Crippen LogP) is 0.927. The second-order valence-electron chi connectivity index (χ2n) is 3.96. The summed E-state index contributed by atoms with van der Waals surface area (Å²) in [4.78, 5) is 10.6. The molecule has 4 nitrogen and oxygen atoms in total. The molecule has 0 saturated heterocycles. The van der Waals surface area contributed by atoms with Gasteiger partial charge in [0, 0.05) is 6.54 Å². The van der Waals surface area contributed by atoms with Crippen LogP contribution in [0.15, 0.2) is 30.3 Å². The summed E-state index contributed by atoms with van der Waals surface area (Å²) in [5.41, 5.74) is 7.57. The Labute approximate surface area is 100 Å². The van der Waals surface area contributed by atoms with Crippen molar-refractivity contribution < 1.29 is 9.53 Å². The van der Waals surface area contributed by atoms with Crippen molar-refractivity contribution in [3.05, 3.63) is 35.9 Å². The van der Waals surface area contributed by atoms with Gasteiger partial charge >= 0.3 is 0 Å². The van der Waals surface area contributed by atoms with Crippen LogP contribution < -0.4 is 15.8 Å². The second-order valence-corrected chi connectivity index (χ2v) is 3.96. The van der Waals surface area contributed by atoms with E-state index < -0.39 is 5.91 Å². The molecule has 0 unspecified atom stereocenters. The van der Waals surface area contributed by atoms with E-state index in [-0.39, 0.29) is 6.61 Å². The predicted molar refractivity (Wildman–Crippen MR) is 66.6 cm³/mol. The van der Waals surface area contributed by atoms with Gasteiger partial charge in [0.2, 0.25) is 0 Å². The fourth-order valence-electron chi connectivity index (χ4n) is 1.80. The quantitative estimate of drug-likeness (QED) is 0.811. The zero-order chi connectivity index (χ0) is 12.1. The fourth-order valence-corrected chi connectivity index (χ4v) is 1.80. The lowest BCUT2D eigenvalue weighted by Gasteiger charge is -2.14. The SMILES string of the molecule is NC(=O)COc1ccc(C2=CCNCC2)cc1. The molecule has 3 N–H and O–H groups in total. The fraction of sp³-hybridized carbons (Fsp3) is 0.308. The zero-order valence-electron chi connectivity index (χ0n) is 9.61. The molecule has 0 radical (unpaired) electrons. The van der Waals surface area contributed by atoms with E-state index >= 15 is 0 Å². The largest absolute Gasteiger partial charge is 0.484 e. The summed E-state index contributed by atoms with van der Waals surface area (Å²) in [5, 5.41) is 3.28. The molecule has 0 aliphatic carbocycles. The molecule has 1 aliphatic heterocycles. The molecule has 0 saturated carbocycles. The number of amides is 1. The summed E-state index contributed by atoms with van der Waals surface area (Å²) in [5.74, 6) is 0.206. The van der Waals surface area contributed by atoms with Crippen LogP contribution in [-0.4, -0.2) is 25.6 Å². The first-order valence-corrected chi connectivity index (χ1v) is 5.67. The minimum atomic E-state index is -0.463. The number of carbonyl (C=O) groups is 1. The minimum absolute atomic E-state index is 0.0774. The molecule has 4 heteroatoms. The number of ether oxygens (including phenoxy) is 1. The number of hydrogen-bond acceptors (Lipinski definition) is 3. The van der Waals surface area contributed by atoms with Crippen LogP contribution in [0.5, 0.6) is 5.75 Å². The van der Waals surface area contributed by atoms with Crippen LogP contribution in [0.25, 0.3) is 5.57 Å². The molecule has 0 atom stereocenters. The molecule has 1 amide bonds. The van der Waals surface area contributed by atoms with E-state index in [9.17, 15) is 4.79 Å². The highest BCUT2D eigenvalue weighted by Crippen LogP contribution is 2.22. The van der Waals surface area contributed by atoms with Crippen molar-refractivity contribution in [3.63, 3.8) is 0 Å². The van der Waals surface area contributed by atoms with Crippen LogP contribution in [0, 0.1) is 0 Å². The van der Waals surface area contributed by atoms with Gasteiger partial charge in [0.1, 0.15) is 5.75 Å². The average molecular weight is 232 g/mol. The Kier molecular flexibility index (Phi) is 3.77. The van der Waals surface area contributed by atoms with E-state index in [1.807, 2.05) is 24.3 Å². The maximum atomic E-state index is 10.6. The summed E-state index contributed by atoms with van der Waals surface area (Å²) in [6.07, 6.45) is 3.24. The van der Waals surface area contributed by atoms with Crippen LogP contribution in [0.1, 0.15) is 12.0 Å². The van der Waals surface area contributed by atoms with Gasteiger partial charge in [-0.15, -0.1) is 0 Å². The first-order chi connectivity index (χ1) is 8.25. The summed E-state index contributed by atoms with van der Waals surface area (Å²) in [6, 6.07) is 7.74. The highest BCUT2D eigenvalue weighted by Gasteiger charge is 2.05. The molecule has 1 heterocycles. The Morgan fingerprint density at radius 1 is 1.35 bits per heavy atom. The smallest absolute Gasteiger partial charge is 0.255 e. The lowest BCUT2D eigenvalue weighted by atomic mass is 10.0. The Bertz CT molecular complexity index is 424. The van der Waals surface area contributed by atoms with E-state index in [4.69, 9.17) is 10.5 Å². The lowest BCUT2D eigenvalue weighted by molar-refractivity contribution is -0.119. The molecule has 1 aromatic rings. The normalized spacial score (nSPS) is 15.2. The molecule has 0 spiro atoms. The lowest BCUT2D eigenvalue weighted by Crippen LogP contribution is -2.20. The van der Waals surface area contributed by atoms with Gasteiger partial charge in [-0.05, 0) is 36.2 Å². The van der Waals surface area contributed by atoms with Crippen molar-refractivity contribution in [1.29, 1.82) is 0 Å². The summed E-state index contributed by atoms with van der Waals surface area (Å²) in [7, 11) is 0. The molecule has 0 fully saturated rings. The first-order valence-electron chi connectivity index (χ1n) is 5.67. The molecule has 90 valence electrons. The van der Waals surface area contributed by atoms with Crippen LogP contribution >= 0.6 is 0 Å². The number of carbonyl (C=O) groups excluding carboxylic acids is 1. The molecular weight excluding hydrogens is 216 g/mol. The van der Waals surface area contributed by atoms with Crippen molar-refractivity contribution in [2.75, 3.05) is 19.7 Å². The number of hydrogen-bond donors (Lipinski definition) is 2. The number of nitrogens with two attached hydrogens (primary N) is 1. The maximum Gasteiger partial charge on any atom is 0.255 e. The third-order valence-corrected chi connectivity index (χ3v) is 2.67. The average Bonchev–Trinajstić information content (AvgIpc) is 2.38. The van der Waals surface area contributed by atoms with Crippen molar-refractivity contribution in [2.45, 2.75) is 6.42 Å². The maximum absolute atomic E-state index is 10.6. The van der Waals surface area contributed by atoms with Crippen LogP contribution in [0.2, 0.25) is 0 Å². The number of nitrogens with one attached hydrogen (secondary N) is 1. The first kappa shape index (κ1) is 11.7. The van der Waals surface area contributed by atoms with Crippen molar-refractivity contribution in [3.8, 4) is 5.75 Å². The van der Waals surface area contributed by atoms with Gasteiger partial charge in [0.15, 0.2) is 6.61 Å². The molecule has 0 aromatic heterocycles. The second kappa shape index (κ2) is 5.50. The summed E-state index contributed by atoms with van der Waals surface area (Å²) < 4.78 is 5.20. The molecule has 1 aromatic carbocycles. The van der Waals surface area contributed by atoms with E-state index in [1.165, 1.54) is 11.1 Å². The van der Waals surface area contributed by atoms with E-state index in [0.717, 1.165) is 19.5 Å². The highest BCUT2D eigenvalue weighted by atomic mass is 16.5. The van der Waals surface area contributed by atoms with Crippen molar-refractivity contribution in [2.24, 2.45) is 5.73 Å². The highest BCUT2D eigenvalue weighted by molar-refractivity contribution is 5.75. The van der Waals surface area contributed by atoms with Gasteiger partial charge in [-0.2, -0.15) is 0 Å². The van der Waals surface area contributed by atoms with Crippen molar-refractivity contribution in [1.82, 2.24) is 5.32 Å². The Balaban J connectivity index is 2.02.